The third-order valence-electron chi connectivity index (χ3n) is 6.15. The number of benzene rings is 3. The van der Waals surface area contributed by atoms with E-state index in [-0.39, 0.29) is 11.3 Å². The molecule has 2 heterocycles. The Labute approximate surface area is 185 Å². The van der Waals surface area contributed by atoms with Gasteiger partial charge in [-0.1, -0.05) is 42.5 Å². The van der Waals surface area contributed by atoms with Crippen molar-refractivity contribution in [1.82, 2.24) is 4.90 Å². The van der Waals surface area contributed by atoms with Crippen LogP contribution in [0.1, 0.15) is 29.2 Å². The Morgan fingerprint density at radius 2 is 1.75 bits per heavy atom. The van der Waals surface area contributed by atoms with Gasteiger partial charge in [0, 0.05) is 41.9 Å². The summed E-state index contributed by atoms with van der Waals surface area (Å²) in [5.74, 6) is -0.556. The van der Waals surface area contributed by atoms with Crippen molar-refractivity contribution in [3.05, 3.63) is 77.4 Å². The molecule has 1 unspecified atom stereocenters. The summed E-state index contributed by atoms with van der Waals surface area (Å²) < 4.78 is 40.9. The Morgan fingerprint density at radius 1 is 1.03 bits per heavy atom. The van der Waals surface area contributed by atoms with E-state index in [9.17, 15) is 17.8 Å². The van der Waals surface area contributed by atoms with Crippen LogP contribution in [0.2, 0.25) is 0 Å². The van der Waals surface area contributed by atoms with Gasteiger partial charge in [-0.3, -0.25) is 14.2 Å². The zero-order chi connectivity index (χ0) is 22.5. The van der Waals surface area contributed by atoms with Gasteiger partial charge in [0.05, 0.1) is 4.90 Å². The zero-order valence-electron chi connectivity index (χ0n) is 17.2. The first kappa shape index (κ1) is 20.7. The molecule has 0 saturated carbocycles. The predicted molar refractivity (Wildman–Crippen MR) is 121 cm³/mol. The molecule has 0 aliphatic carbocycles. The molecular formula is C24H22N2O5S. The fourth-order valence-electron chi connectivity index (χ4n) is 4.77. The fraction of sp³-hybridized carbons (Fsp3) is 0.208. The van der Waals surface area contributed by atoms with E-state index in [1.807, 2.05) is 36.4 Å². The van der Waals surface area contributed by atoms with Crippen LogP contribution in [0.5, 0.6) is 0 Å². The van der Waals surface area contributed by atoms with Gasteiger partial charge in [0.15, 0.2) is 0 Å². The minimum atomic E-state index is -4.57. The summed E-state index contributed by atoms with van der Waals surface area (Å²) in [5.41, 5.74) is 9.39. The first-order chi connectivity index (χ1) is 15.3. The molecule has 0 fully saturated rings. The number of primary amides is 1. The molecule has 1 aliphatic heterocycles. The average Bonchev–Trinajstić information content (AvgIpc) is 3.14. The number of hydrogen-bond acceptors (Lipinski definition) is 5. The number of fused-ring (bicyclic) bond motifs is 4. The Balaban J connectivity index is 1.78. The summed E-state index contributed by atoms with van der Waals surface area (Å²) >= 11 is 0. The SMILES string of the molecule is NC(=O)CC(c1c(S(=O)(=O)O)ccc2oc3ccccc3c12)N1CCc2ccccc2C1. The maximum absolute atomic E-state index is 12.4. The normalized spacial score (nSPS) is 15.7. The molecule has 0 spiro atoms. The van der Waals surface area contributed by atoms with Crippen LogP contribution in [0.15, 0.2) is 70.0 Å². The molecule has 5 rings (SSSR count). The second kappa shape index (κ2) is 7.74. The first-order valence-corrected chi connectivity index (χ1v) is 11.8. The van der Waals surface area contributed by atoms with Gasteiger partial charge in [0.25, 0.3) is 10.1 Å². The Kier molecular flexibility index (Phi) is 5.00. The largest absolute Gasteiger partial charge is 0.456 e. The molecule has 32 heavy (non-hydrogen) atoms. The molecule has 0 saturated heterocycles. The van der Waals surface area contributed by atoms with Crippen LogP contribution >= 0.6 is 0 Å². The quantitative estimate of drug-likeness (QED) is 0.447. The van der Waals surface area contributed by atoms with Gasteiger partial charge >= 0.3 is 0 Å². The second-order valence-corrected chi connectivity index (χ2v) is 9.49. The monoisotopic (exact) mass is 450 g/mol. The average molecular weight is 451 g/mol. The minimum absolute atomic E-state index is 0.0939. The molecule has 0 radical (unpaired) electrons. The van der Waals surface area contributed by atoms with Crippen molar-refractivity contribution in [3.63, 3.8) is 0 Å². The van der Waals surface area contributed by atoms with E-state index >= 15 is 0 Å². The van der Waals surface area contributed by atoms with Gasteiger partial charge < -0.3 is 10.2 Å². The molecule has 164 valence electrons. The van der Waals surface area contributed by atoms with Gasteiger partial charge in [-0.25, -0.2) is 0 Å². The molecule has 1 atom stereocenters. The number of hydrogen-bond donors (Lipinski definition) is 2. The third-order valence-corrected chi connectivity index (χ3v) is 7.06. The summed E-state index contributed by atoms with van der Waals surface area (Å²) in [5, 5.41) is 1.29. The summed E-state index contributed by atoms with van der Waals surface area (Å²) in [6.07, 6.45) is 0.665. The highest BCUT2D eigenvalue weighted by Gasteiger charge is 2.33. The molecule has 3 N–H and O–H groups in total. The number of para-hydroxylation sites is 1. The molecule has 1 aliphatic rings. The van der Waals surface area contributed by atoms with E-state index in [0.29, 0.717) is 35.2 Å². The summed E-state index contributed by atoms with van der Waals surface area (Å²) in [6, 6.07) is 17.6. The Hall–Kier alpha value is -3.20. The number of rotatable bonds is 5. The van der Waals surface area contributed by atoms with Crippen molar-refractivity contribution in [2.24, 2.45) is 5.73 Å². The van der Waals surface area contributed by atoms with E-state index in [2.05, 4.69) is 11.0 Å². The minimum Gasteiger partial charge on any atom is -0.456 e. The van der Waals surface area contributed by atoms with E-state index < -0.39 is 22.1 Å². The standard InChI is InChI=1S/C24H22N2O5S/c25-22(27)13-18(26-12-11-15-5-1-2-6-16(15)14-26)24-21(32(28,29)30)10-9-20-23(24)17-7-3-4-8-19(17)31-20/h1-10,18H,11-14H2,(H2,25,27)(H,28,29,30). The predicted octanol–water partition coefficient (Wildman–Crippen LogP) is 3.81. The molecule has 3 aromatic carbocycles. The summed E-state index contributed by atoms with van der Waals surface area (Å²) in [6.45, 7) is 1.15. The fourth-order valence-corrected chi connectivity index (χ4v) is 5.52. The third kappa shape index (κ3) is 3.56. The zero-order valence-corrected chi connectivity index (χ0v) is 18.0. The molecule has 1 aromatic heterocycles. The summed E-state index contributed by atoms with van der Waals surface area (Å²) in [7, 11) is -4.57. The highest BCUT2D eigenvalue weighted by Crippen LogP contribution is 2.42. The van der Waals surface area contributed by atoms with Crippen LogP contribution in [0.4, 0.5) is 0 Å². The van der Waals surface area contributed by atoms with Crippen LogP contribution in [0.25, 0.3) is 21.9 Å². The van der Waals surface area contributed by atoms with Gasteiger partial charge in [-0.2, -0.15) is 8.42 Å². The lowest BCUT2D eigenvalue weighted by molar-refractivity contribution is -0.119. The van der Waals surface area contributed by atoms with Crippen molar-refractivity contribution in [1.29, 1.82) is 0 Å². The van der Waals surface area contributed by atoms with Crippen molar-refractivity contribution >= 4 is 38.0 Å². The van der Waals surface area contributed by atoms with Crippen LogP contribution in [-0.2, 0) is 27.9 Å². The molecule has 4 aromatic rings. The van der Waals surface area contributed by atoms with Crippen LogP contribution < -0.4 is 5.73 Å². The lowest BCUT2D eigenvalue weighted by Crippen LogP contribution is -2.37. The second-order valence-electron chi connectivity index (χ2n) is 8.10. The maximum Gasteiger partial charge on any atom is 0.294 e. The van der Waals surface area contributed by atoms with Crippen LogP contribution in [0, 0.1) is 0 Å². The van der Waals surface area contributed by atoms with E-state index in [1.165, 1.54) is 17.7 Å². The first-order valence-electron chi connectivity index (χ1n) is 10.3. The smallest absolute Gasteiger partial charge is 0.294 e. The van der Waals surface area contributed by atoms with E-state index in [1.54, 1.807) is 6.07 Å². The molecular weight excluding hydrogens is 428 g/mol. The van der Waals surface area contributed by atoms with Gasteiger partial charge in [-0.15, -0.1) is 0 Å². The molecule has 1 amide bonds. The van der Waals surface area contributed by atoms with Crippen molar-refractivity contribution in [2.75, 3.05) is 6.54 Å². The van der Waals surface area contributed by atoms with Gasteiger partial charge in [-0.05, 0) is 35.7 Å². The van der Waals surface area contributed by atoms with E-state index in [4.69, 9.17) is 10.2 Å². The molecule has 7 nitrogen and oxygen atoms in total. The number of nitrogens with two attached hydrogens (primary N) is 1. The van der Waals surface area contributed by atoms with Crippen molar-refractivity contribution in [2.45, 2.75) is 30.3 Å². The van der Waals surface area contributed by atoms with Crippen molar-refractivity contribution in [3.8, 4) is 0 Å². The van der Waals surface area contributed by atoms with Crippen LogP contribution in [-0.4, -0.2) is 30.3 Å². The van der Waals surface area contributed by atoms with Gasteiger partial charge in [0.1, 0.15) is 11.2 Å². The Bertz CT molecular complexity index is 1460. The highest BCUT2D eigenvalue weighted by molar-refractivity contribution is 7.85. The number of carbonyl (C=O) groups excluding carboxylic acids is 1. The Morgan fingerprint density at radius 3 is 2.50 bits per heavy atom. The summed E-state index contributed by atoms with van der Waals surface area (Å²) in [4.78, 5) is 13.9. The molecule has 0 bridgehead atoms. The van der Waals surface area contributed by atoms with Crippen molar-refractivity contribution < 1.29 is 22.2 Å². The number of furan rings is 1. The number of amides is 1. The van der Waals surface area contributed by atoms with E-state index in [0.717, 1.165) is 17.4 Å². The highest BCUT2D eigenvalue weighted by atomic mass is 32.2. The number of nitrogens with zero attached hydrogens (tertiary/aromatic N) is 1. The lowest BCUT2D eigenvalue weighted by Gasteiger charge is -2.36. The lowest BCUT2D eigenvalue weighted by atomic mass is 9.92. The van der Waals surface area contributed by atoms with Gasteiger partial charge in [0.2, 0.25) is 5.91 Å². The number of carbonyl (C=O) groups is 1. The molecule has 8 heteroatoms. The van der Waals surface area contributed by atoms with Crippen LogP contribution in [0.3, 0.4) is 0 Å². The maximum atomic E-state index is 12.4. The topological polar surface area (TPSA) is 114 Å².